The number of aromatic nitrogens is 4. The van der Waals surface area contributed by atoms with E-state index in [0.29, 0.717) is 25.4 Å². The topological polar surface area (TPSA) is 84.8 Å². The highest BCUT2D eigenvalue weighted by molar-refractivity contribution is 6.01. The third kappa shape index (κ3) is 3.50. The van der Waals surface area contributed by atoms with E-state index in [2.05, 4.69) is 20.4 Å². The lowest BCUT2D eigenvalue weighted by Gasteiger charge is -2.06. The van der Waals surface area contributed by atoms with Gasteiger partial charge in [-0.1, -0.05) is 0 Å². The van der Waals surface area contributed by atoms with Crippen LogP contribution in [0.4, 0.5) is 0 Å². The highest BCUT2D eigenvalue weighted by atomic mass is 16.5. The Morgan fingerprint density at radius 2 is 2.12 bits per heavy atom. The summed E-state index contributed by atoms with van der Waals surface area (Å²) in [6.45, 7) is 9.34. The van der Waals surface area contributed by atoms with Crippen molar-refractivity contribution in [2.75, 3.05) is 13.2 Å². The van der Waals surface area contributed by atoms with Gasteiger partial charge in [0.1, 0.15) is 23.1 Å². The van der Waals surface area contributed by atoms with Crippen molar-refractivity contribution in [3.05, 3.63) is 41.1 Å². The summed E-state index contributed by atoms with van der Waals surface area (Å²) in [5.74, 6) is 2.26. The van der Waals surface area contributed by atoms with Crippen molar-refractivity contribution in [2.24, 2.45) is 0 Å². The third-order valence-electron chi connectivity index (χ3n) is 4.14. The van der Waals surface area contributed by atoms with Crippen molar-refractivity contribution in [1.29, 1.82) is 0 Å². The Bertz CT molecular complexity index is 910. The highest BCUT2D eigenvalue weighted by Gasteiger charge is 2.15. The van der Waals surface area contributed by atoms with E-state index in [0.717, 1.165) is 33.9 Å². The van der Waals surface area contributed by atoms with Crippen molar-refractivity contribution in [3.63, 3.8) is 0 Å². The summed E-state index contributed by atoms with van der Waals surface area (Å²) in [6, 6.07) is 5.80. The smallest absolute Gasteiger partial charge is 0.268 e. The summed E-state index contributed by atoms with van der Waals surface area (Å²) < 4.78 is 7.33. The van der Waals surface area contributed by atoms with Gasteiger partial charge in [-0.2, -0.15) is 5.10 Å². The highest BCUT2D eigenvalue weighted by Crippen LogP contribution is 2.26. The Kier molecular flexibility index (Phi) is 4.74. The second-order valence-electron chi connectivity index (χ2n) is 5.95. The molecule has 1 aromatic carbocycles. The van der Waals surface area contributed by atoms with E-state index < -0.39 is 0 Å². The standard InChI is InChI=1S/C18H23N5O2/c1-5-25-14-6-7-16-15(10-14)11(2)17(21-16)18(24)19-8-9-23-13(4)20-12(3)22-23/h6-7,10,21H,5,8-9H2,1-4H3,(H,19,24). The quantitative estimate of drug-likeness (QED) is 0.721. The van der Waals surface area contributed by atoms with Gasteiger partial charge < -0.3 is 15.0 Å². The number of rotatable bonds is 6. The van der Waals surface area contributed by atoms with Crippen LogP contribution in [0.3, 0.4) is 0 Å². The number of carbonyl (C=O) groups is 1. The lowest BCUT2D eigenvalue weighted by Crippen LogP contribution is -2.28. The van der Waals surface area contributed by atoms with Gasteiger partial charge in [-0.15, -0.1) is 0 Å². The number of aryl methyl sites for hydroxylation is 3. The van der Waals surface area contributed by atoms with Crippen molar-refractivity contribution in [1.82, 2.24) is 25.1 Å². The second kappa shape index (κ2) is 6.96. The first-order chi connectivity index (χ1) is 12.0. The van der Waals surface area contributed by atoms with Gasteiger partial charge in [-0.3, -0.25) is 4.79 Å². The lowest BCUT2D eigenvalue weighted by atomic mass is 10.1. The molecule has 0 unspecified atom stereocenters. The van der Waals surface area contributed by atoms with Gasteiger partial charge >= 0.3 is 0 Å². The average Bonchev–Trinajstić information content (AvgIpc) is 3.07. The monoisotopic (exact) mass is 341 g/mol. The Hall–Kier alpha value is -2.83. The molecule has 2 heterocycles. The Morgan fingerprint density at radius 3 is 2.80 bits per heavy atom. The summed E-state index contributed by atoms with van der Waals surface area (Å²) in [4.78, 5) is 20.0. The van der Waals surface area contributed by atoms with Gasteiger partial charge in [-0.25, -0.2) is 9.67 Å². The average molecular weight is 341 g/mol. The van der Waals surface area contributed by atoms with Crippen molar-refractivity contribution >= 4 is 16.8 Å². The van der Waals surface area contributed by atoms with Crippen LogP contribution in [0, 0.1) is 20.8 Å². The molecule has 3 rings (SSSR count). The van der Waals surface area contributed by atoms with Crippen molar-refractivity contribution in [2.45, 2.75) is 34.2 Å². The lowest BCUT2D eigenvalue weighted by molar-refractivity contribution is 0.0947. The first-order valence-electron chi connectivity index (χ1n) is 8.41. The maximum Gasteiger partial charge on any atom is 0.268 e. The summed E-state index contributed by atoms with van der Waals surface area (Å²) in [5.41, 5.74) is 2.42. The summed E-state index contributed by atoms with van der Waals surface area (Å²) in [5, 5.41) is 8.23. The van der Waals surface area contributed by atoms with E-state index in [1.807, 2.05) is 45.9 Å². The Labute approximate surface area is 146 Å². The number of hydrogen-bond acceptors (Lipinski definition) is 4. The molecule has 0 atom stereocenters. The molecule has 3 aromatic rings. The molecule has 0 aliphatic heterocycles. The van der Waals surface area contributed by atoms with Crippen LogP contribution >= 0.6 is 0 Å². The molecule has 0 saturated heterocycles. The number of H-pyrrole nitrogens is 1. The zero-order valence-corrected chi connectivity index (χ0v) is 15.0. The molecule has 7 nitrogen and oxygen atoms in total. The van der Waals surface area contributed by atoms with E-state index in [9.17, 15) is 4.79 Å². The fraction of sp³-hybridized carbons (Fsp3) is 0.389. The van der Waals surface area contributed by atoms with Crippen molar-refractivity contribution in [3.8, 4) is 5.75 Å². The molecule has 2 N–H and O–H groups in total. The predicted molar refractivity (Wildman–Crippen MR) is 96.0 cm³/mol. The van der Waals surface area contributed by atoms with Crippen molar-refractivity contribution < 1.29 is 9.53 Å². The largest absolute Gasteiger partial charge is 0.494 e. The Balaban J connectivity index is 1.71. The number of amides is 1. The van der Waals surface area contributed by atoms with Gasteiger partial charge in [-0.05, 0) is 51.5 Å². The maximum atomic E-state index is 12.5. The van der Waals surface area contributed by atoms with Crippen LogP contribution < -0.4 is 10.1 Å². The van der Waals surface area contributed by atoms with Crippen LogP contribution in [-0.4, -0.2) is 38.8 Å². The minimum atomic E-state index is -0.124. The minimum Gasteiger partial charge on any atom is -0.494 e. The maximum absolute atomic E-state index is 12.5. The minimum absolute atomic E-state index is 0.124. The third-order valence-corrected chi connectivity index (χ3v) is 4.14. The van der Waals surface area contributed by atoms with E-state index in [-0.39, 0.29) is 5.91 Å². The molecule has 0 aliphatic carbocycles. The zero-order chi connectivity index (χ0) is 18.0. The molecule has 0 radical (unpaired) electrons. The fourth-order valence-corrected chi connectivity index (χ4v) is 2.93. The van der Waals surface area contributed by atoms with Crippen LogP contribution in [0.25, 0.3) is 10.9 Å². The predicted octanol–water partition coefficient (Wildman–Crippen LogP) is 2.51. The van der Waals surface area contributed by atoms with Crippen LogP contribution in [0.15, 0.2) is 18.2 Å². The van der Waals surface area contributed by atoms with Gasteiger partial charge in [0.15, 0.2) is 0 Å². The number of aromatic amines is 1. The molecule has 0 fully saturated rings. The SMILES string of the molecule is CCOc1ccc2[nH]c(C(=O)NCCn3nc(C)nc3C)c(C)c2c1. The number of nitrogens with zero attached hydrogens (tertiary/aromatic N) is 3. The number of nitrogens with one attached hydrogen (secondary N) is 2. The summed E-state index contributed by atoms with van der Waals surface area (Å²) in [6.07, 6.45) is 0. The number of fused-ring (bicyclic) bond motifs is 1. The second-order valence-corrected chi connectivity index (χ2v) is 5.95. The molecule has 0 aliphatic rings. The van der Waals surface area contributed by atoms with Gasteiger partial charge in [0.25, 0.3) is 5.91 Å². The Morgan fingerprint density at radius 1 is 1.32 bits per heavy atom. The number of benzene rings is 1. The van der Waals surface area contributed by atoms with E-state index in [1.165, 1.54) is 0 Å². The molecule has 0 saturated carbocycles. The normalized spacial score (nSPS) is 11.0. The molecule has 1 amide bonds. The zero-order valence-electron chi connectivity index (χ0n) is 15.0. The van der Waals surface area contributed by atoms with Gasteiger partial charge in [0.2, 0.25) is 0 Å². The van der Waals surface area contributed by atoms with Crippen LogP contribution in [0.5, 0.6) is 5.75 Å². The molecule has 2 aromatic heterocycles. The molecule has 132 valence electrons. The van der Waals surface area contributed by atoms with Gasteiger partial charge in [0, 0.05) is 17.4 Å². The number of hydrogen-bond donors (Lipinski definition) is 2. The molecule has 0 spiro atoms. The van der Waals surface area contributed by atoms with Crippen LogP contribution in [0.1, 0.15) is 34.6 Å². The number of ether oxygens (including phenoxy) is 1. The van der Waals surface area contributed by atoms with E-state index >= 15 is 0 Å². The molecule has 0 bridgehead atoms. The van der Waals surface area contributed by atoms with E-state index in [1.54, 1.807) is 4.68 Å². The molecular formula is C18H23N5O2. The summed E-state index contributed by atoms with van der Waals surface area (Å²) in [7, 11) is 0. The van der Waals surface area contributed by atoms with Gasteiger partial charge in [0.05, 0.1) is 13.2 Å². The molecule has 7 heteroatoms. The van der Waals surface area contributed by atoms with E-state index in [4.69, 9.17) is 4.74 Å². The molecular weight excluding hydrogens is 318 g/mol. The summed E-state index contributed by atoms with van der Waals surface area (Å²) >= 11 is 0. The van der Waals surface area contributed by atoms with Crippen LogP contribution in [-0.2, 0) is 6.54 Å². The van der Waals surface area contributed by atoms with Crippen LogP contribution in [0.2, 0.25) is 0 Å². The number of carbonyl (C=O) groups excluding carboxylic acids is 1. The first-order valence-corrected chi connectivity index (χ1v) is 8.41. The fourth-order valence-electron chi connectivity index (χ4n) is 2.93. The molecule has 25 heavy (non-hydrogen) atoms. The first kappa shape index (κ1) is 17.0.